The Balaban J connectivity index is -0.00000364. The van der Waals surface area contributed by atoms with E-state index in [9.17, 15) is 24.6 Å². The number of carbonyl (C=O) groups is 3. The zero-order valence-corrected chi connectivity index (χ0v) is 21.6. The fourth-order valence-electron chi connectivity index (χ4n) is 3.10. The summed E-state index contributed by atoms with van der Waals surface area (Å²) in [7, 11) is 0. The number of carboxylic acids is 2. The first kappa shape index (κ1) is 30.7. The van der Waals surface area contributed by atoms with E-state index in [1.54, 1.807) is 13.0 Å². The molecular weight excluding hydrogens is 399 g/mol. The smallest absolute Gasteiger partial charge is 1.00 e. The van der Waals surface area contributed by atoms with Crippen molar-refractivity contribution in [1.82, 2.24) is 0 Å². The molecule has 2 unspecified atom stereocenters. The molecule has 6 nitrogen and oxygen atoms in total. The van der Waals surface area contributed by atoms with Gasteiger partial charge >= 0.3 is 69.3 Å². The number of ether oxygens (including phenoxy) is 1. The first-order valence-corrected chi connectivity index (χ1v) is 10.3. The Morgan fingerprint density at radius 1 is 1.00 bits per heavy atom. The van der Waals surface area contributed by atoms with Crippen LogP contribution in [0.5, 0.6) is 0 Å². The van der Waals surface area contributed by atoms with Gasteiger partial charge in [0.1, 0.15) is 5.92 Å². The Labute approximate surface area is 219 Å². The summed E-state index contributed by atoms with van der Waals surface area (Å²) in [6, 6.07) is 0. The SMILES string of the molecule is C/C=C/C(=O)OC(CC)(C(=O)O)C(/C=C/CCCCCCCCCC)C(=O)O.[H-].[K+]. The fourth-order valence-corrected chi connectivity index (χ4v) is 3.10. The molecule has 0 aliphatic heterocycles. The second kappa shape index (κ2) is 18.3. The van der Waals surface area contributed by atoms with Gasteiger partial charge in [-0.1, -0.05) is 77.0 Å². The van der Waals surface area contributed by atoms with E-state index in [1.807, 2.05) is 0 Å². The van der Waals surface area contributed by atoms with E-state index in [4.69, 9.17) is 4.74 Å². The molecular formula is C22H37KO6. The zero-order valence-electron chi connectivity index (χ0n) is 19.5. The van der Waals surface area contributed by atoms with Gasteiger partial charge in [0.05, 0.1) is 0 Å². The second-order valence-electron chi connectivity index (χ2n) is 6.98. The minimum absolute atomic E-state index is 0. The van der Waals surface area contributed by atoms with Crippen LogP contribution in [-0.2, 0) is 19.1 Å². The molecule has 0 aromatic rings. The van der Waals surface area contributed by atoms with Crippen LogP contribution in [-0.4, -0.2) is 33.7 Å². The molecule has 2 atom stereocenters. The van der Waals surface area contributed by atoms with Gasteiger partial charge in [0.25, 0.3) is 0 Å². The summed E-state index contributed by atoms with van der Waals surface area (Å²) in [5.74, 6) is -5.10. The monoisotopic (exact) mass is 436 g/mol. The third-order valence-corrected chi connectivity index (χ3v) is 4.79. The molecule has 0 rings (SSSR count). The number of rotatable bonds is 16. The predicted molar refractivity (Wildman–Crippen MR) is 110 cm³/mol. The molecule has 0 aromatic heterocycles. The number of hydrogen-bond acceptors (Lipinski definition) is 4. The molecule has 0 fully saturated rings. The Morgan fingerprint density at radius 3 is 2.00 bits per heavy atom. The van der Waals surface area contributed by atoms with Gasteiger partial charge in [-0.3, -0.25) is 4.79 Å². The number of hydrogen-bond donors (Lipinski definition) is 2. The second-order valence-corrected chi connectivity index (χ2v) is 6.98. The molecule has 0 radical (unpaired) electrons. The number of unbranched alkanes of at least 4 members (excludes halogenated alkanes) is 8. The molecule has 7 heteroatoms. The Kier molecular flexibility index (Phi) is 19.4. The van der Waals surface area contributed by atoms with Gasteiger partial charge in [-0.2, -0.15) is 0 Å². The molecule has 0 spiro atoms. The van der Waals surface area contributed by atoms with Crippen molar-refractivity contribution in [3.8, 4) is 0 Å². The molecule has 162 valence electrons. The zero-order chi connectivity index (χ0) is 21.4. The molecule has 2 N–H and O–H groups in total. The van der Waals surface area contributed by atoms with E-state index in [-0.39, 0.29) is 59.2 Å². The van der Waals surface area contributed by atoms with Crippen LogP contribution in [0.15, 0.2) is 24.3 Å². The Bertz CT molecular complexity index is 550. The third-order valence-electron chi connectivity index (χ3n) is 4.79. The number of carboxylic acid groups (broad SMARTS) is 2. The van der Waals surface area contributed by atoms with E-state index < -0.39 is 29.4 Å². The van der Waals surface area contributed by atoms with Crippen LogP contribution in [0.3, 0.4) is 0 Å². The summed E-state index contributed by atoms with van der Waals surface area (Å²) in [6.45, 7) is 5.28. The van der Waals surface area contributed by atoms with Gasteiger partial charge < -0.3 is 16.4 Å². The number of allylic oxidation sites excluding steroid dienone is 2. The topological polar surface area (TPSA) is 101 Å². The van der Waals surface area contributed by atoms with Crippen molar-refractivity contribution < 1.29 is 82.1 Å². The van der Waals surface area contributed by atoms with Crippen molar-refractivity contribution in [2.75, 3.05) is 0 Å². The van der Waals surface area contributed by atoms with Gasteiger partial charge in [-0.15, -0.1) is 0 Å². The Morgan fingerprint density at radius 2 is 1.55 bits per heavy atom. The molecule has 0 saturated carbocycles. The molecule has 0 bridgehead atoms. The maximum absolute atomic E-state index is 11.8. The van der Waals surface area contributed by atoms with Gasteiger partial charge in [0.2, 0.25) is 5.60 Å². The van der Waals surface area contributed by atoms with Gasteiger partial charge in [0, 0.05) is 6.08 Å². The Hall–Kier alpha value is -0.474. The maximum Gasteiger partial charge on any atom is 1.00 e. The summed E-state index contributed by atoms with van der Waals surface area (Å²) in [4.78, 5) is 35.3. The summed E-state index contributed by atoms with van der Waals surface area (Å²) in [6.07, 6.45) is 15.4. The van der Waals surface area contributed by atoms with Crippen LogP contribution >= 0.6 is 0 Å². The predicted octanol–water partition coefficient (Wildman–Crippen LogP) is 2.24. The average Bonchev–Trinajstić information content (AvgIpc) is 2.64. The summed E-state index contributed by atoms with van der Waals surface area (Å²) >= 11 is 0. The minimum Gasteiger partial charge on any atom is -1.00 e. The molecule has 29 heavy (non-hydrogen) atoms. The van der Waals surface area contributed by atoms with Crippen LogP contribution in [0.2, 0.25) is 0 Å². The van der Waals surface area contributed by atoms with E-state index >= 15 is 0 Å². The van der Waals surface area contributed by atoms with Crippen molar-refractivity contribution in [2.24, 2.45) is 5.92 Å². The standard InChI is InChI=1S/C22H36O6.K.H/c1-4-7-8-9-10-11-12-13-14-15-17-18(20(24)25)22(6-3,21(26)27)28-19(23)16-5-2;;/h5,15-18H,4,6-14H2,1-3H3,(H,24,25)(H,26,27);;/q;+1;-1/b16-5+,17-15+;;. The first-order valence-electron chi connectivity index (χ1n) is 10.3. The van der Waals surface area contributed by atoms with Crippen molar-refractivity contribution in [3.63, 3.8) is 0 Å². The largest absolute Gasteiger partial charge is 1.00 e. The summed E-state index contributed by atoms with van der Waals surface area (Å²) in [5, 5.41) is 19.2. The van der Waals surface area contributed by atoms with Crippen LogP contribution < -0.4 is 51.4 Å². The van der Waals surface area contributed by atoms with Crippen molar-refractivity contribution in [2.45, 2.75) is 90.6 Å². The summed E-state index contributed by atoms with van der Waals surface area (Å²) in [5.41, 5.74) is -2.13. The average molecular weight is 437 g/mol. The molecule has 0 aromatic carbocycles. The van der Waals surface area contributed by atoms with Crippen LogP contribution in [0.4, 0.5) is 0 Å². The number of esters is 1. The molecule has 0 saturated heterocycles. The van der Waals surface area contributed by atoms with E-state index in [0.717, 1.165) is 25.3 Å². The normalized spacial score (nSPS) is 14.3. The van der Waals surface area contributed by atoms with Crippen LogP contribution in [0, 0.1) is 5.92 Å². The molecule has 0 amide bonds. The van der Waals surface area contributed by atoms with E-state index in [2.05, 4.69) is 6.92 Å². The fraction of sp³-hybridized carbons (Fsp3) is 0.682. The van der Waals surface area contributed by atoms with Gasteiger partial charge in [-0.05, 0) is 26.2 Å². The minimum atomic E-state index is -2.13. The van der Waals surface area contributed by atoms with Crippen LogP contribution in [0.1, 0.15) is 86.4 Å². The third kappa shape index (κ3) is 12.1. The quantitative estimate of drug-likeness (QED) is 0.127. The van der Waals surface area contributed by atoms with Gasteiger partial charge in [0.15, 0.2) is 0 Å². The number of carbonyl (C=O) groups excluding carboxylic acids is 1. The van der Waals surface area contributed by atoms with Crippen molar-refractivity contribution >= 4 is 17.9 Å². The van der Waals surface area contributed by atoms with E-state index in [0.29, 0.717) is 6.42 Å². The molecule has 0 heterocycles. The molecule has 0 aliphatic carbocycles. The van der Waals surface area contributed by atoms with Crippen LogP contribution in [0.25, 0.3) is 0 Å². The number of aliphatic carboxylic acids is 2. The summed E-state index contributed by atoms with van der Waals surface area (Å²) < 4.78 is 5.10. The van der Waals surface area contributed by atoms with E-state index in [1.165, 1.54) is 51.2 Å². The van der Waals surface area contributed by atoms with Gasteiger partial charge in [-0.25, -0.2) is 9.59 Å². The maximum atomic E-state index is 11.8. The van der Waals surface area contributed by atoms with Crippen molar-refractivity contribution in [1.29, 1.82) is 0 Å². The first-order chi connectivity index (χ1) is 13.4. The van der Waals surface area contributed by atoms with Crippen molar-refractivity contribution in [3.05, 3.63) is 24.3 Å². The molecule has 0 aliphatic rings.